The van der Waals surface area contributed by atoms with E-state index in [0.29, 0.717) is 5.92 Å². The Morgan fingerprint density at radius 3 is 2.40 bits per heavy atom. The molecule has 20 heavy (non-hydrogen) atoms. The molecular formula is C17H26O3. The summed E-state index contributed by atoms with van der Waals surface area (Å²) in [6.45, 7) is 10.3. The lowest BCUT2D eigenvalue weighted by molar-refractivity contribution is 0.0230. The molecular weight excluding hydrogens is 252 g/mol. The molecule has 1 N–H and O–H groups in total. The molecule has 2 rings (SSSR count). The lowest BCUT2D eigenvalue weighted by Gasteiger charge is -2.25. The van der Waals surface area contributed by atoms with Crippen LogP contribution in [0.3, 0.4) is 0 Å². The van der Waals surface area contributed by atoms with Crippen molar-refractivity contribution in [2.75, 3.05) is 0 Å². The van der Waals surface area contributed by atoms with Crippen LogP contribution in [-0.4, -0.2) is 23.4 Å². The van der Waals surface area contributed by atoms with Crippen molar-refractivity contribution in [1.29, 1.82) is 0 Å². The van der Waals surface area contributed by atoms with Gasteiger partial charge in [0.1, 0.15) is 5.75 Å². The Morgan fingerprint density at radius 1 is 1.15 bits per heavy atom. The van der Waals surface area contributed by atoms with E-state index < -0.39 is 6.10 Å². The fourth-order valence-corrected chi connectivity index (χ4v) is 3.10. The van der Waals surface area contributed by atoms with Crippen molar-refractivity contribution >= 4 is 0 Å². The number of rotatable bonds is 4. The first-order valence-electron chi connectivity index (χ1n) is 7.50. The highest BCUT2D eigenvalue weighted by atomic mass is 16.5. The molecule has 1 aliphatic rings. The first kappa shape index (κ1) is 15.3. The second kappa shape index (κ2) is 6.15. The van der Waals surface area contributed by atoms with Crippen LogP contribution in [0.15, 0.2) is 24.3 Å². The lowest BCUT2D eigenvalue weighted by Crippen LogP contribution is -2.25. The van der Waals surface area contributed by atoms with E-state index in [2.05, 4.69) is 13.8 Å². The number of aliphatic hydroxyl groups excluding tert-OH is 1. The Labute approximate surface area is 121 Å². The second-order valence-electron chi connectivity index (χ2n) is 6.17. The van der Waals surface area contributed by atoms with Crippen molar-refractivity contribution in [2.24, 2.45) is 11.8 Å². The number of ether oxygens (including phenoxy) is 2. The van der Waals surface area contributed by atoms with Gasteiger partial charge >= 0.3 is 0 Å². The molecule has 0 bridgehead atoms. The molecule has 3 heteroatoms. The highest BCUT2D eigenvalue weighted by molar-refractivity contribution is 5.30. The summed E-state index contributed by atoms with van der Waals surface area (Å²) < 4.78 is 11.5. The van der Waals surface area contributed by atoms with Crippen molar-refractivity contribution in [3.63, 3.8) is 0 Å². The van der Waals surface area contributed by atoms with Gasteiger partial charge in [-0.3, -0.25) is 0 Å². The van der Waals surface area contributed by atoms with E-state index in [0.717, 1.165) is 11.3 Å². The van der Waals surface area contributed by atoms with E-state index in [4.69, 9.17) is 9.47 Å². The van der Waals surface area contributed by atoms with Crippen LogP contribution in [0.5, 0.6) is 5.75 Å². The Kier molecular flexibility index (Phi) is 4.71. The maximum atomic E-state index is 10.7. The first-order valence-corrected chi connectivity index (χ1v) is 7.50. The van der Waals surface area contributed by atoms with Crippen LogP contribution in [0, 0.1) is 11.8 Å². The molecule has 0 aliphatic carbocycles. The summed E-state index contributed by atoms with van der Waals surface area (Å²) >= 11 is 0. The molecule has 1 saturated heterocycles. The Balaban J connectivity index is 2.18. The second-order valence-corrected chi connectivity index (χ2v) is 6.17. The maximum Gasteiger partial charge on any atom is 0.120 e. The third-order valence-corrected chi connectivity index (χ3v) is 4.25. The van der Waals surface area contributed by atoms with Gasteiger partial charge in [-0.25, -0.2) is 0 Å². The topological polar surface area (TPSA) is 38.7 Å². The summed E-state index contributed by atoms with van der Waals surface area (Å²) in [6.07, 6.45) is -0.111. The summed E-state index contributed by atoms with van der Waals surface area (Å²) in [5.41, 5.74) is 0.907. The van der Waals surface area contributed by atoms with Crippen LogP contribution < -0.4 is 4.74 Å². The molecule has 1 aromatic rings. The predicted octanol–water partition coefficient (Wildman–Crippen LogP) is 3.57. The van der Waals surface area contributed by atoms with E-state index in [-0.39, 0.29) is 24.2 Å². The molecule has 1 heterocycles. The smallest absolute Gasteiger partial charge is 0.120 e. The highest BCUT2D eigenvalue weighted by Crippen LogP contribution is 2.40. The normalized spacial score (nSPS) is 31.6. The van der Waals surface area contributed by atoms with E-state index in [9.17, 15) is 5.11 Å². The molecule has 1 aliphatic heterocycles. The summed E-state index contributed by atoms with van der Waals surface area (Å²) in [5, 5.41) is 10.7. The van der Waals surface area contributed by atoms with Gasteiger partial charge in [-0.1, -0.05) is 19.1 Å². The molecule has 1 fully saturated rings. The van der Waals surface area contributed by atoms with Crippen LogP contribution in [0.4, 0.5) is 0 Å². The van der Waals surface area contributed by atoms with Gasteiger partial charge in [0.05, 0.1) is 24.4 Å². The molecule has 5 atom stereocenters. The Hall–Kier alpha value is -1.06. The molecule has 0 radical (unpaired) electrons. The third kappa shape index (κ3) is 3.15. The average molecular weight is 278 g/mol. The van der Waals surface area contributed by atoms with Gasteiger partial charge in [-0.15, -0.1) is 0 Å². The SMILES string of the molecule is CC(C)Oc1cccc(C(O)C2C(C)OC(C)C2C)c1. The summed E-state index contributed by atoms with van der Waals surface area (Å²) in [7, 11) is 0. The zero-order valence-electron chi connectivity index (χ0n) is 13.0. The summed E-state index contributed by atoms with van der Waals surface area (Å²) in [4.78, 5) is 0. The molecule has 1 aromatic carbocycles. The number of aliphatic hydroxyl groups is 1. The van der Waals surface area contributed by atoms with Crippen LogP contribution in [-0.2, 0) is 4.74 Å². The molecule has 0 saturated carbocycles. The van der Waals surface area contributed by atoms with Crippen molar-refractivity contribution in [3.8, 4) is 5.75 Å². The van der Waals surface area contributed by atoms with Crippen molar-refractivity contribution in [3.05, 3.63) is 29.8 Å². The van der Waals surface area contributed by atoms with Crippen LogP contribution >= 0.6 is 0 Å². The van der Waals surface area contributed by atoms with Crippen LogP contribution in [0.2, 0.25) is 0 Å². The monoisotopic (exact) mass is 278 g/mol. The zero-order valence-corrected chi connectivity index (χ0v) is 13.0. The molecule has 5 unspecified atom stereocenters. The summed E-state index contributed by atoms with van der Waals surface area (Å²) in [6, 6.07) is 7.76. The molecule has 0 spiro atoms. The van der Waals surface area contributed by atoms with Crippen LogP contribution in [0.1, 0.15) is 46.3 Å². The number of hydrogen-bond donors (Lipinski definition) is 1. The van der Waals surface area contributed by atoms with Gasteiger partial charge in [-0.05, 0) is 51.3 Å². The first-order chi connectivity index (χ1) is 9.40. The fraction of sp³-hybridized carbons (Fsp3) is 0.647. The zero-order chi connectivity index (χ0) is 14.9. The fourth-order valence-electron chi connectivity index (χ4n) is 3.10. The Morgan fingerprint density at radius 2 is 1.85 bits per heavy atom. The molecule has 3 nitrogen and oxygen atoms in total. The predicted molar refractivity (Wildman–Crippen MR) is 79.8 cm³/mol. The molecule has 0 amide bonds. The van der Waals surface area contributed by atoms with E-state index in [1.807, 2.05) is 45.0 Å². The van der Waals surface area contributed by atoms with Crippen molar-refractivity contribution in [2.45, 2.75) is 59.0 Å². The largest absolute Gasteiger partial charge is 0.491 e. The maximum absolute atomic E-state index is 10.7. The number of hydrogen-bond acceptors (Lipinski definition) is 3. The van der Waals surface area contributed by atoms with Crippen molar-refractivity contribution in [1.82, 2.24) is 0 Å². The third-order valence-electron chi connectivity index (χ3n) is 4.25. The standard InChI is InChI=1S/C17H26O3/c1-10(2)19-15-8-6-7-14(9-15)17(18)16-11(3)12(4)20-13(16)5/h6-13,16-18H,1-5H3. The van der Waals surface area contributed by atoms with Gasteiger partial charge in [0, 0.05) is 5.92 Å². The Bertz CT molecular complexity index is 444. The van der Waals surface area contributed by atoms with E-state index >= 15 is 0 Å². The lowest BCUT2D eigenvalue weighted by atomic mass is 9.82. The van der Waals surface area contributed by atoms with Gasteiger partial charge in [0.2, 0.25) is 0 Å². The minimum atomic E-state index is -0.513. The van der Waals surface area contributed by atoms with Gasteiger partial charge in [0.25, 0.3) is 0 Å². The number of benzene rings is 1. The van der Waals surface area contributed by atoms with Crippen LogP contribution in [0.25, 0.3) is 0 Å². The van der Waals surface area contributed by atoms with Crippen molar-refractivity contribution < 1.29 is 14.6 Å². The van der Waals surface area contributed by atoms with Gasteiger partial charge < -0.3 is 14.6 Å². The van der Waals surface area contributed by atoms with E-state index in [1.54, 1.807) is 0 Å². The minimum Gasteiger partial charge on any atom is -0.491 e. The minimum absolute atomic E-state index is 0.0738. The molecule has 0 aromatic heterocycles. The van der Waals surface area contributed by atoms with Gasteiger partial charge in [0.15, 0.2) is 0 Å². The highest BCUT2D eigenvalue weighted by Gasteiger charge is 2.41. The molecule has 112 valence electrons. The van der Waals surface area contributed by atoms with Gasteiger partial charge in [-0.2, -0.15) is 0 Å². The average Bonchev–Trinajstić information content (AvgIpc) is 2.62. The summed E-state index contributed by atoms with van der Waals surface area (Å²) in [5.74, 6) is 1.28. The van der Waals surface area contributed by atoms with E-state index in [1.165, 1.54) is 0 Å². The quantitative estimate of drug-likeness (QED) is 0.915.